The van der Waals surface area contributed by atoms with Crippen molar-refractivity contribution in [2.75, 3.05) is 0 Å². The molecule has 1 aromatic carbocycles. The van der Waals surface area contributed by atoms with Crippen LogP contribution >= 0.6 is 15.9 Å². The van der Waals surface area contributed by atoms with Crippen molar-refractivity contribution in [3.8, 4) is 11.3 Å². The minimum atomic E-state index is -2.86. The summed E-state index contributed by atoms with van der Waals surface area (Å²) in [6.07, 6.45) is 2.05. The minimum absolute atomic E-state index is 0.145. The number of rotatable bonds is 3. The maximum atomic E-state index is 14.5. The molecule has 0 saturated heterocycles. The van der Waals surface area contributed by atoms with Crippen LogP contribution in [0.4, 0.5) is 8.78 Å². The first kappa shape index (κ1) is 13.7. The van der Waals surface area contributed by atoms with Gasteiger partial charge in [0, 0.05) is 18.5 Å². The Morgan fingerprint density at radius 2 is 1.90 bits per heavy atom. The van der Waals surface area contributed by atoms with E-state index in [4.69, 9.17) is 0 Å². The molecule has 0 N–H and O–H groups in total. The molecule has 106 valence electrons. The summed E-state index contributed by atoms with van der Waals surface area (Å²) in [6, 6.07) is 9.47. The fraction of sp³-hybridized carbons (Fsp3) is 0.400. The van der Waals surface area contributed by atoms with Crippen molar-refractivity contribution in [3.05, 3.63) is 40.8 Å². The molecule has 1 fully saturated rings. The number of hydrogen-bond acceptors (Lipinski definition) is 1. The van der Waals surface area contributed by atoms with Gasteiger partial charge in [0.15, 0.2) is 5.82 Å². The third-order valence-electron chi connectivity index (χ3n) is 4.02. The summed E-state index contributed by atoms with van der Waals surface area (Å²) >= 11 is 3.32. The van der Waals surface area contributed by atoms with Gasteiger partial charge in [0.1, 0.15) is 4.60 Å². The Hall–Kier alpha value is -1.23. The maximum Gasteiger partial charge on any atom is 0.307 e. The lowest BCUT2D eigenvalue weighted by Crippen LogP contribution is -2.33. The predicted octanol–water partition coefficient (Wildman–Crippen LogP) is 4.74. The number of benzene rings is 1. The molecule has 1 saturated carbocycles. The highest BCUT2D eigenvalue weighted by Crippen LogP contribution is 2.47. The number of imidazole rings is 1. The molecule has 20 heavy (non-hydrogen) atoms. The van der Waals surface area contributed by atoms with Crippen molar-refractivity contribution in [2.45, 2.75) is 25.2 Å². The first-order valence-corrected chi connectivity index (χ1v) is 7.47. The molecule has 0 radical (unpaired) electrons. The number of nitrogens with zero attached hydrogens (tertiary/aromatic N) is 2. The standard InChI is InChI=1S/C15H15BrF2N2/c1-20-12(10-6-3-2-4-7-10)13(16)19-14(20)15(17,18)11-8-5-9-11/h2-4,6-7,11H,5,8-9H2,1H3. The highest BCUT2D eigenvalue weighted by Gasteiger charge is 2.48. The van der Waals surface area contributed by atoms with Gasteiger partial charge in [0.25, 0.3) is 0 Å². The van der Waals surface area contributed by atoms with Crippen LogP contribution in [-0.2, 0) is 13.0 Å². The zero-order chi connectivity index (χ0) is 14.3. The second-order valence-electron chi connectivity index (χ2n) is 5.25. The largest absolute Gasteiger partial charge is 0.325 e. The van der Waals surface area contributed by atoms with Gasteiger partial charge in [-0.3, -0.25) is 0 Å². The Morgan fingerprint density at radius 3 is 2.45 bits per heavy atom. The highest BCUT2D eigenvalue weighted by molar-refractivity contribution is 9.10. The monoisotopic (exact) mass is 340 g/mol. The number of hydrogen-bond donors (Lipinski definition) is 0. The fourth-order valence-corrected chi connectivity index (χ4v) is 3.29. The Balaban J connectivity index is 2.07. The molecule has 1 aromatic heterocycles. The van der Waals surface area contributed by atoms with E-state index in [0.29, 0.717) is 23.1 Å². The Labute approximate surface area is 125 Å². The second kappa shape index (κ2) is 4.95. The van der Waals surface area contributed by atoms with Crippen molar-refractivity contribution in [2.24, 2.45) is 13.0 Å². The predicted molar refractivity (Wildman–Crippen MR) is 77.6 cm³/mol. The third kappa shape index (κ3) is 2.08. The Kier molecular flexibility index (Phi) is 3.40. The van der Waals surface area contributed by atoms with Crippen LogP contribution in [0.1, 0.15) is 25.1 Å². The maximum absolute atomic E-state index is 14.5. The summed E-state index contributed by atoms with van der Waals surface area (Å²) in [5, 5.41) is 0. The van der Waals surface area contributed by atoms with Crippen LogP contribution in [0.2, 0.25) is 0 Å². The normalized spacial score (nSPS) is 16.2. The Bertz CT molecular complexity index is 618. The van der Waals surface area contributed by atoms with Gasteiger partial charge in [-0.1, -0.05) is 36.8 Å². The molecular weight excluding hydrogens is 326 g/mol. The topological polar surface area (TPSA) is 17.8 Å². The van der Waals surface area contributed by atoms with Crippen LogP contribution in [0.5, 0.6) is 0 Å². The van der Waals surface area contributed by atoms with Gasteiger partial charge in [0.05, 0.1) is 5.69 Å². The molecule has 2 nitrogen and oxygen atoms in total. The molecule has 0 bridgehead atoms. The van der Waals surface area contributed by atoms with E-state index in [1.807, 2.05) is 30.3 Å². The lowest BCUT2D eigenvalue weighted by atomic mass is 9.80. The minimum Gasteiger partial charge on any atom is -0.325 e. The summed E-state index contributed by atoms with van der Waals surface area (Å²) < 4.78 is 30.9. The van der Waals surface area contributed by atoms with E-state index in [1.54, 1.807) is 7.05 Å². The van der Waals surface area contributed by atoms with E-state index in [2.05, 4.69) is 20.9 Å². The summed E-state index contributed by atoms with van der Waals surface area (Å²) in [6.45, 7) is 0. The van der Waals surface area contributed by atoms with Crippen molar-refractivity contribution in [1.29, 1.82) is 0 Å². The van der Waals surface area contributed by atoms with Gasteiger partial charge in [-0.25, -0.2) is 4.98 Å². The van der Waals surface area contributed by atoms with Crippen LogP contribution in [0.15, 0.2) is 34.9 Å². The van der Waals surface area contributed by atoms with Crippen molar-refractivity contribution in [1.82, 2.24) is 9.55 Å². The summed E-state index contributed by atoms with van der Waals surface area (Å²) in [7, 11) is 1.65. The van der Waals surface area contributed by atoms with E-state index in [-0.39, 0.29) is 5.82 Å². The van der Waals surface area contributed by atoms with Gasteiger partial charge < -0.3 is 4.57 Å². The van der Waals surface area contributed by atoms with Gasteiger partial charge in [0.2, 0.25) is 0 Å². The van der Waals surface area contributed by atoms with Gasteiger partial charge in [-0.2, -0.15) is 8.78 Å². The van der Waals surface area contributed by atoms with Crippen LogP contribution < -0.4 is 0 Å². The van der Waals surface area contributed by atoms with Gasteiger partial charge in [-0.15, -0.1) is 0 Å². The quantitative estimate of drug-likeness (QED) is 0.788. The zero-order valence-electron chi connectivity index (χ0n) is 11.1. The van der Waals surface area contributed by atoms with E-state index < -0.39 is 11.8 Å². The van der Waals surface area contributed by atoms with Gasteiger partial charge >= 0.3 is 5.92 Å². The van der Waals surface area contributed by atoms with Gasteiger partial charge in [-0.05, 0) is 28.8 Å². The first-order valence-electron chi connectivity index (χ1n) is 6.67. The second-order valence-corrected chi connectivity index (χ2v) is 6.00. The number of aromatic nitrogens is 2. The van der Waals surface area contributed by atoms with Crippen molar-refractivity contribution < 1.29 is 8.78 Å². The molecule has 0 spiro atoms. The summed E-state index contributed by atoms with van der Waals surface area (Å²) in [5.74, 6) is -3.57. The molecule has 5 heteroatoms. The number of alkyl halides is 2. The molecule has 0 aliphatic heterocycles. The van der Waals surface area contributed by atoms with E-state index >= 15 is 0 Å². The van der Waals surface area contributed by atoms with Crippen LogP contribution in [0.25, 0.3) is 11.3 Å². The molecule has 1 aliphatic rings. The highest BCUT2D eigenvalue weighted by atomic mass is 79.9. The summed E-state index contributed by atoms with van der Waals surface area (Å²) in [5.41, 5.74) is 1.57. The Morgan fingerprint density at radius 1 is 1.25 bits per heavy atom. The SMILES string of the molecule is Cn1c(C(F)(F)C2CCC2)nc(Br)c1-c1ccccc1. The average molecular weight is 341 g/mol. The zero-order valence-corrected chi connectivity index (χ0v) is 12.7. The molecule has 2 aromatic rings. The van der Waals surface area contributed by atoms with Crippen molar-refractivity contribution in [3.63, 3.8) is 0 Å². The smallest absolute Gasteiger partial charge is 0.307 e. The van der Waals surface area contributed by atoms with Crippen LogP contribution in [0.3, 0.4) is 0 Å². The lowest BCUT2D eigenvalue weighted by Gasteiger charge is -2.32. The molecule has 0 unspecified atom stereocenters. The average Bonchev–Trinajstić information content (AvgIpc) is 2.64. The first-order chi connectivity index (χ1) is 9.51. The molecule has 0 atom stereocenters. The van der Waals surface area contributed by atoms with E-state index in [0.717, 1.165) is 12.0 Å². The van der Waals surface area contributed by atoms with E-state index in [9.17, 15) is 8.78 Å². The van der Waals surface area contributed by atoms with E-state index in [1.165, 1.54) is 4.57 Å². The molecule has 3 rings (SSSR count). The van der Waals surface area contributed by atoms with Crippen molar-refractivity contribution >= 4 is 15.9 Å². The third-order valence-corrected chi connectivity index (χ3v) is 4.57. The molecule has 1 heterocycles. The number of halogens is 3. The summed E-state index contributed by atoms with van der Waals surface area (Å²) in [4.78, 5) is 4.09. The molecular formula is C15H15BrF2N2. The lowest BCUT2D eigenvalue weighted by molar-refractivity contribution is -0.103. The fourth-order valence-electron chi connectivity index (χ4n) is 2.63. The van der Waals surface area contributed by atoms with Crippen LogP contribution in [0, 0.1) is 5.92 Å². The molecule has 1 aliphatic carbocycles. The van der Waals surface area contributed by atoms with Crippen LogP contribution in [-0.4, -0.2) is 9.55 Å². The molecule has 0 amide bonds.